The maximum Gasteiger partial charge on any atom is 0.224 e. The van der Waals surface area contributed by atoms with Gasteiger partial charge in [-0.1, -0.05) is 0 Å². The third-order valence-electron chi connectivity index (χ3n) is 2.39. The third-order valence-corrected chi connectivity index (χ3v) is 2.57. The molecule has 2 atom stereocenters. The Morgan fingerprint density at radius 1 is 1.50 bits per heavy atom. The molecule has 1 aliphatic carbocycles. The quantitative estimate of drug-likeness (QED) is 0.770. The molecule has 1 N–H and O–H groups in total. The van der Waals surface area contributed by atoms with Crippen LogP contribution in [0.4, 0.5) is 10.2 Å². The Morgan fingerprint density at radius 2 is 2.36 bits per heavy atom. The molecule has 0 spiro atoms. The molecule has 0 aromatic carbocycles. The van der Waals surface area contributed by atoms with Crippen LogP contribution in [0.25, 0.3) is 0 Å². The molecule has 0 radical (unpaired) electrons. The zero-order valence-corrected chi connectivity index (χ0v) is 8.34. The van der Waals surface area contributed by atoms with Crippen LogP contribution in [0.3, 0.4) is 0 Å². The largest absolute Gasteiger partial charge is 0.364 e. The van der Waals surface area contributed by atoms with E-state index in [1.54, 1.807) is 12.3 Å². The van der Waals surface area contributed by atoms with E-state index in [1.165, 1.54) is 0 Å². The van der Waals surface area contributed by atoms with Crippen molar-refractivity contribution in [2.24, 2.45) is 0 Å². The lowest BCUT2D eigenvalue weighted by atomic mass is 10.2. The van der Waals surface area contributed by atoms with Crippen molar-refractivity contribution in [3.8, 4) is 0 Å². The van der Waals surface area contributed by atoms with Crippen molar-refractivity contribution in [3.63, 3.8) is 0 Å². The summed E-state index contributed by atoms with van der Waals surface area (Å²) in [5, 5.41) is 3.20. The van der Waals surface area contributed by atoms with E-state index in [0.717, 1.165) is 12.8 Å². The lowest BCUT2D eigenvalue weighted by Gasteiger charge is -2.14. The number of nitrogens with zero attached hydrogens (tertiary/aromatic N) is 2. The number of nitrogens with one attached hydrogen (secondary N) is 1. The van der Waals surface area contributed by atoms with E-state index in [4.69, 9.17) is 11.6 Å². The fraction of sp³-hybridized carbons (Fsp3) is 0.556. The Labute approximate surface area is 86.7 Å². The lowest BCUT2D eigenvalue weighted by molar-refractivity contribution is 0.323. The van der Waals surface area contributed by atoms with Crippen LogP contribution in [0.5, 0.6) is 0 Å². The van der Waals surface area contributed by atoms with Gasteiger partial charge in [-0.05, 0) is 36.9 Å². The number of aromatic nitrogens is 2. The molecule has 14 heavy (non-hydrogen) atoms. The molecule has 1 aromatic heterocycles. The van der Waals surface area contributed by atoms with Gasteiger partial charge in [0.15, 0.2) is 0 Å². The van der Waals surface area contributed by atoms with E-state index in [2.05, 4.69) is 15.3 Å². The maximum absolute atomic E-state index is 13.2. The normalized spacial score (nSPS) is 26.4. The Hall–Kier alpha value is -0.900. The first-order valence-corrected chi connectivity index (χ1v) is 5.02. The van der Waals surface area contributed by atoms with E-state index < -0.39 is 6.17 Å². The maximum atomic E-state index is 13.2. The molecular formula is C9H11ClFN3. The summed E-state index contributed by atoms with van der Waals surface area (Å²) in [5.74, 6) is 0.597. The SMILES string of the molecule is F[C@@H]1CCC[C@H]1Nc1ccnc(Cl)n1. The average Bonchev–Trinajstić information content (AvgIpc) is 2.52. The molecule has 5 heteroatoms. The van der Waals surface area contributed by atoms with Gasteiger partial charge in [0.25, 0.3) is 0 Å². The van der Waals surface area contributed by atoms with E-state index in [-0.39, 0.29) is 11.3 Å². The molecular weight excluding hydrogens is 205 g/mol. The summed E-state index contributed by atoms with van der Waals surface area (Å²) in [4.78, 5) is 7.70. The van der Waals surface area contributed by atoms with Crippen molar-refractivity contribution in [2.75, 3.05) is 5.32 Å². The zero-order valence-electron chi connectivity index (χ0n) is 7.58. The van der Waals surface area contributed by atoms with Crippen molar-refractivity contribution < 1.29 is 4.39 Å². The highest BCUT2D eigenvalue weighted by atomic mass is 35.5. The van der Waals surface area contributed by atoms with Gasteiger partial charge < -0.3 is 5.32 Å². The molecule has 1 aliphatic rings. The van der Waals surface area contributed by atoms with Gasteiger partial charge >= 0.3 is 0 Å². The molecule has 3 nitrogen and oxygen atoms in total. The van der Waals surface area contributed by atoms with E-state index in [1.807, 2.05) is 0 Å². The monoisotopic (exact) mass is 215 g/mol. The minimum absolute atomic E-state index is 0.124. The van der Waals surface area contributed by atoms with Gasteiger partial charge in [0.05, 0.1) is 6.04 Å². The second kappa shape index (κ2) is 4.09. The first kappa shape index (κ1) is 9.65. The van der Waals surface area contributed by atoms with Gasteiger partial charge in [0.2, 0.25) is 5.28 Å². The number of alkyl halides is 1. The second-order valence-electron chi connectivity index (χ2n) is 3.41. The molecule has 2 rings (SSSR count). The summed E-state index contributed by atoms with van der Waals surface area (Å²) in [7, 11) is 0. The fourth-order valence-electron chi connectivity index (χ4n) is 1.68. The molecule has 0 unspecified atom stereocenters. The predicted octanol–water partition coefficient (Wildman–Crippen LogP) is 2.43. The van der Waals surface area contributed by atoms with Crippen LogP contribution in [0.15, 0.2) is 12.3 Å². The Balaban J connectivity index is 2.03. The van der Waals surface area contributed by atoms with Crippen molar-refractivity contribution in [1.29, 1.82) is 0 Å². The van der Waals surface area contributed by atoms with Crippen LogP contribution in [-0.2, 0) is 0 Å². The average molecular weight is 216 g/mol. The lowest BCUT2D eigenvalue weighted by Crippen LogP contribution is -2.25. The van der Waals surface area contributed by atoms with Crippen molar-refractivity contribution in [1.82, 2.24) is 9.97 Å². The van der Waals surface area contributed by atoms with E-state index in [9.17, 15) is 4.39 Å². The number of rotatable bonds is 2. The van der Waals surface area contributed by atoms with Gasteiger partial charge in [0, 0.05) is 6.20 Å². The van der Waals surface area contributed by atoms with Crippen molar-refractivity contribution in [2.45, 2.75) is 31.5 Å². The topological polar surface area (TPSA) is 37.8 Å². The summed E-state index contributed by atoms with van der Waals surface area (Å²) in [6.07, 6.45) is 3.19. The number of halogens is 2. The van der Waals surface area contributed by atoms with E-state index >= 15 is 0 Å². The van der Waals surface area contributed by atoms with Crippen LogP contribution in [0.2, 0.25) is 5.28 Å². The number of anilines is 1. The smallest absolute Gasteiger partial charge is 0.224 e. The first-order valence-electron chi connectivity index (χ1n) is 4.65. The van der Waals surface area contributed by atoms with Gasteiger partial charge in [-0.25, -0.2) is 14.4 Å². The minimum Gasteiger partial charge on any atom is -0.364 e. The molecule has 76 valence electrons. The van der Waals surface area contributed by atoms with Crippen LogP contribution >= 0.6 is 11.6 Å². The molecule has 1 aromatic rings. The highest BCUT2D eigenvalue weighted by molar-refractivity contribution is 6.28. The third kappa shape index (κ3) is 2.12. The van der Waals surface area contributed by atoms with Crippen molar-refractivity contribution >= 4 is 17.4 Å². The minimum atomic E-state index is -0.774. The Bertz CT molecular complexity index is 321. The number of hydrogen-bond donors (Lipinski definition) is 1. The summed E-state index contributed by atoms with van der Waals surface area (Å²) >= 11 is 5.61. The van der Waals surface area contributed by atoms with Gasteiger partial charge in [-0.2, -0.15) is 0 Å². The predicted molar refractivity (Wildman–Crippen MR) is 53.2 cm³/mol. The number of hydrogen-bond acceptors (Lipinski definition) is 3. The summed E-state index contributed by atoms with van der Waals surface area (Å²) in [6.45, 7) is 0. The standard InChI is InChI=1S/C9H11ClFN3/c10-9-12-5-4-8(14-9)13-7-3-1-2-6(7)11/h4-7H,1-3H2,(H,12,13,14)/t6-,7-/m1/s1. The fourth-order valence-corrected chi connectivity index (χ4v) is 1.83. The van der Waals surface area contributed by atoms with Crippen LogP contribution in [-0.4, -0.2) is 22.2 Å². The highest BCUT2D eigenvalue weighted by Crippen LogP contribution is 2.24. The zero-order chi connectivity index (χ0) is 9.97. The highest BCUT2D eigenvalue weighted by Gasteiger charge is 2.26. The first-order chi connectivity index (χ1) is 6.75. The van der Waals surface area contributed by atoms with Crippen LogP contribution in [0, 0.1) is 0 Å². The molecule has 1 heterocycles. The molecule has 0 bridgehead atoms. The molecule has 1 saturated carbocycles. The summed E-state index contributed by atoms with van der Waals surface area (Å²) in [5.41, 5.74) is 0. The summed E-state index contributed by atoms with van der Waals surface area (Å²) in [6, 6.07) is 1.57. The van der Waals surface area contributed by atoms with Crippen LogP contribution in [0.1, 0.15) is 19.3 Å². The van der Waals surface area contributed by atoms with Gasteiger partial charge in [-0.15, -0.1) is 0 Å². The molecule has 0 amide bonds. The second-order valence-corrected chi connectivity index (χ2v) is 3.75. The summed E-state index contributed by atoms with van der Waals surface area (Å²) < 4.78 is 13.2. The molecule has 0 aliphatic heterocycles. The van der Waals surface area contributed by atoms with Crippen molar-refractivity contribution in [3.05, 3.63) is 17.5 Å². The Morgan fingerprint density at radius 3 is 3.00 bits per heavy atom. The molecule has 1 fully saturated rings. The van der Waals surface area contributed by atoms with E-state index in [0.29, 0.717) is 12.2 Å². The Kier molecular flexibility index (Phi) is 2.82. The van der Waals surface area contributed by atoms with Crippen LogP contribution < -0.4 is 5.32 Å². The van der Waals surface area contributed by atoms with Gasteiger partial charge in [-0.3, -0.25) is 0 Å². The van der Waals surface area contributed by atoms with Gasteiger partial charge in [0.1, 0.15) is 12.0 Å². The molecule has 0 saturated heterocycles.